The van der Waals surface area contributed by atoms with Gasteiger partial charge in [0.2, 0.25) is 0 Å². The third-order valence-corrected chi connectivity index (χ3v) is 1.88. The Morgan fingerprint density at radius 1 is 1.50 bits per heavy atom. The van der Waals surface area contributed by atoms with Gasteiger partial charge in [0.25, 0.3) is 0 Å². The minimum atomic E-state index is 0. The Morgan fingerprint density at radius 3 is 2.90 bits per heavy atom. The fourth-order valence-electron chi connectivity index (χ4n) is 0.879. The SMILES string of the molecule is C.CN1CCNC(=S)CC1. The van der Waals surface area contributed by atoms with Crippen molar-refractivity contribution in [2.24, 2.45) is 0 Å². The highest BCUT2D eigenvalue weighted by Crippen LogP contribution is 1.92. The smallest absolute Gasteiger partial charge is 0.0766 e. The average Bonchev–Trinajstić information content (AvgIpc) is 1.97. The van der Waals surface area contributed by atoms with Crippen LogP contribution in [0.5, 0.6) is 0 Å². The molecule has 0 atom stereocenters. The Hall–Kier alpha value is -0.150. The van der Waals surface area contributed by atoms with E-state index in [9.17, 15) is 0 Å². The summed E-state index contributed by atoms with van der Waals surface area (Å²) in [6, 6.07) is 0. The highest BCUT2D eigenvalue weighted by Gasteiger charge is 2.05. The van der Waals surface area contributed by atoms with E-state index >= 15 is 0 Å². The van der Waals surface area contributed by atoms with E-state index in [2.05, 4.69) is 17.3 Å². The number of nitrogens with zero attached hydrogens (tertiary/aromatic N) is 1. The summed E-state index contributed by atoms with van der Waals surface area (Å²) in [7, 11) is 2.12. The van der Waals surface area contributed by atoms with Crippen LogP contribution in [0.15, 0.2) is 0 Å². The molecule has 0 aliphatic carbocycles. The minimum absolute atomic E-state index is 0. The first-order valence-corrected chi connectivity index (χ1v) is 3.65. The van der Waals surface area contributed by atoms with Gasteiger partial charge in [-0.1, -0.05) is 19.6 Å². The van der Waals surface area contributed by atoms with Crippen molar-refractivity contribution in [3.05, 3.63) is 0 Å². The van der Waals surface area contributed by atoms with E-state index in [1.165, 1.54) is 0 Å². The fourth-order valence-corrected chi connectivity index (χ4v) is 1.07. The summed E-state index contributed by atoms with van der Waals surface area (Å²) in [6.45, 7) is 3.22. The molecule has 0 bridgehead atoms. The molecule has 10 heavy (non-hydrogen) atoms. The van der Waals surface area contributed by atoms with Crippen molar-refractivity contribution >= 4 is 17.2 Å². The van der Waals surface area contributed by atoms with Gasteiger partial charge in [-0.25, -0.2) is 0 Å². The lowest BCUT2D eigenvalue weighted by Gasteiger charge is -2.09. The van der Waals surface area contributed by atoms with Crippen LogP contribution in [0.4, 0.5) is 0 Å². The van der Waals surface area contributed by atoms with Gasteiger partial charge in [0.05, 0.1) is 4.99 Å². The van der Waals surface area contributed by atoms with Gasteiger partial charge in [0.15, 0.2) is 0 Å². The van der Waals surface area contributed by atoms with Crippen molar-refractivity contribution in [2.45, 2.75) is 13.8 Å². The van der Waals surface area contributed by atoms with Crippen LogP contribution >= 0.6 is 12.2 Å². The van der Waals surface area contributed by atoms with Crippen LogP contribution in [-0.4, -0.2) is 36.6 Å². The monoisotopic (exact) mass is 160 g/mol. The maximum absolute atomic E-state index is 5.01. The summed E-state index contributed by atoms with van der Waals surface area (Å²) in [5, 5.41) is 3.16. The molecule has 0 saturated carbocycles. The molecule has 0 aromatic heterocycles. The van der Waals surface area contributed by atoms with Gasteiger partial charge in [0.1, 0.15) is 0 Å². The van der Waals surface area contributed by atoms with Crippen LogP contribution < -0.4 is 5.32 Å². The van der Waals surface area contributed by atoms with E-state index < -0.39 is 0 Å². The van der Waals surface area contributed by atoms with Crippen LogP contribution in [-0.2, 0) is 0 Å². The average molecular weight is 160 g/mol. The summed E-state index contributed by atoms with van der Waals surface area (Å²) < 4.78 is 0. The Morgan fingerprint density at radius 2 is 2.20 bits per heavy atom. The first kappa shape index (κ1) is 9.85. The van der Waals surface area contributed by atoms with Gasteiger partial charge in [0, 0.05) is 26.1 Å². The minimum Gasteiger partial charge on any atom is -0.378 e. The van der Waals surface area contributed by atoms with Gasteiger partial charge in [-0.05, 0) is 7.05 Å². The molecule has 1 heterocycles. The topological polar surface area (TPSA) is 15.3 Å². The first-order valence-electron chi connectivity index (χ1n) is 3.24. The second kappa shape index (κ2) is 4.63. The maximum atomic E-state index is 5.01. The molecule has 2 nitrogen and oxygen atoms in total. The van der Waals surface area contributed by atoms with Gasteiger partial charge < -0.3 is 10.2 Å². The molecule has 0 radical (unpaired) electrons. The van der Waals surface area contributed by atoms with E-state index in [0.717, 1.165) is 31.0 Å². The van der Waals surface area contributed by atoms with E-state index in [1.54, 1.807) is 0 Å². The fraction of sp³-hybridized carbons (Fsp3) is 0.857. The lowest BCUT2D eigenvalue weighted by atomic mass is 10.4. The molecule has 1 rings (SSSR count). The second-order valence-electron chi connectivity index (χ2n) is 2.40. The predicted octanol–water partition coefficient (Wildman–Crippen LogP) is 0.875. The van der Waals surface area contributed by atoms with Gasteiger partial charge in [-0.2, -0.15) is 0 Å². The zero-order chi connectivity index (χ0) is 6.69. The first-order chi connectivity index (χ1) is 4.29. The van der Waals surface area contributed by atoms with Crippen LogP contribution in [0.3, 0.4) is 0 Å². The predicted molar refractivity (Wildman–Crippen MR) is 49.4 cm³/mol. The van der Waals surface area contributed by atoms with Crippen molar-refractivity contribution in [2.75, 3.05) is 26.7 Å². The summed E-state index contributed by atoms with van der Waals surface area (Å²) in [6.07, 6.45) is 1.02. The Balaban J connectivity index is 0.000000810. The van der Waals surface area contributed by atoms with Gasteiger partial charge >= 0.3 is 0 Å². The van der Waals surface area contributed by atoms with Crippen molar-refractivity contribution in [3.8, 4) is 0 Å². The van der Waals surface area contributed by atoms with Crippen molar-refractivity contribution < 1.29 is 0 Å². The van der Waals surface area contributed by atoms with Crippen molar-refractivity contribution in [1.82, 2.24) is 10.2 Å². The zero-order valence-electron chi connectivity index (χ0n) is 5.68. The quantitative estimate of drug-likeness (QED) is 0.529. The molecule has 3 heteroatoms. The molecule has 1 aliphatic heterocycles. The van der Waals surface area contributed by atoms with Gasteiger partial charge in [-0.3, -0.25) is 0 Å². The van der Waals surface area contributed by atoms with Crippen molar-refractivity contribution in [1.29, 1.82) is 0 Å². The van der Waals surface area contributed by atoms with Crippen LogP contribution in [0.25, 0.3) is 0 Å². The molecule has 0 amide bonds. The Bertz CT molecular complexity index is 114. The Kier molecular flexibility index (Phi) is 4.56. The number of rotatable bonds is 0. The molecular formula is C7H16N2S. The molecule has 1 fully saturated rings. The highest BCUT2D eigenvalue weighted by atomic mass is 32.1. The zero-order valence-corrected chi connectivity index (χ0v) is 6.50. The van der Waals surface area contributed by atoms with Crippen molar-refractivity contribution in [3.63, 3.8) is 0 Å². The van der Waals surface area contributed by atoms with Crippen LogP contribution in [0, 0.1) is 0 Å². The molecule has 1 saturated heterocycles. The van der Waals surface area contributed by atoms with E-state index in [0.29, 0.717) is 0 Å². The van der Waals surface area contributed by atoms with Crippen LogP contribution in [0.1, 0.15) is 13.8 Å². The maximum Gasteiger partial charge on any atom is 0.0766 e. The summed E-state index contributed by atoms with van der Waals surface area (Å²) in [4.78, 5) is 3.30. The third-order valence-electron chi connectivity index (χ3n) is 1.54. The summed E-state index contributed by atoms with van der Waals surface area (Å²) >= 11 is 5.01. The largest absolute Gasteiger partial charge is 0.378 e. The lowest BCUT2D eigenvalue weighted by Crippen LogP contribution is -2.24. The number of nitrogens with one attached hydrogen (secondary N) is 1. The van der Waals surface area contributed by atoms with E-state index in [4.69, 9.17) is 12.2 Å². The highest BCUT2D eigenvalue weighted by molar-refractivity contribution is 7.80. The van der Waals surface area contributed by atoms with Crippen LogP contribution in [0.2, 0.25) is 0 Å². The summed E-state index contributed by atoms with van der Waals surface area (Å²) in [5.41, 5.74) is 0. The third kappa shape index (κ3) is 3.13. The molecule has 1 N–H and O–H groups in total. The molecule has 1 aliphatic rings. The number of hydrogen-bond acceptors (Lipinski definition) is 2. The molecule has 0 unspecified atom stereocenters. The standard InChI is InChI=1S/C6H12N2S.CH4/c1-8-4-2-6(9)7-3-5-8;/h2-5H2,1H3,(H,7,9);1H4. The normalized spacial score (nSPS) is 20.7. The molecular weight excluding hydrogens is 144 g/mol. The molecule has 0 aromatic rings. The molecule has 0 aromatic carbocycles. The molecule has 60 valence electrons. The number of thiocarbonyl (C=S) groups is 1. The summed E-state index contributed by atoms with van der Waals surface area (Å²) in [5.74, 6) is 0. The lowest BCUT2D eigenvalue weighted by molar-refractivity contribution is 0.361. The van der Waals surface area contributed by atoms with E-state index in [1.807, 2.05) is 0 Å². The van der Waals surface area contributed by atoms with Gasteiger partial charge in [-0.15, -0.1) is 0 Å². The molecule has 0 spiro atoms. The Labute approximate surface area is 68.6 Å². The number of hydrogen-bond donors (Lipinski definition) is 1. The number of likely N-dealkylation sites (N-methyl/N-ethyl adjacent to an activating group) is 1. The second-order valence-corrected chi connectivity index (χ2v) is 2.90. The van der Waals surface area contributed by atoms with E-state index in [-0.39, 0.29) is 7.43 Å².